The molecule has 1 atom stereocenters. The van der Waals surface area contributed by atoms with E-state index in [-0.39, 0.29) is 11.1 Å². The molecule has 1 N–H and O–H groups in total. The molecule has 0 fully saturated rings. The van der Waals surface area contributed by atoms with Gasteiger partial charge in [-0.2, -0.15) is 0 Å². The highest BCUT2D eigenvalue weighted by Gasteiger charge is 2.43. The average molecular weight is 286 g/mol. The number of hydrogen-bond donors (Lipinski definition) is 1. The summed E-state index contributed by atoms with van der Waals surface area (Å²) in [5, 5.41) is 0. The number of benzene rings is 1. The van der Waals surface area contributed by atoms with E-state index in [0.29, 0.717) is 0 Å². The molecule has 1 aliphatic carbocycles. The standard InChI is InChI=1S/C13H17Cl2NSi/c1-13(2,3)16-17(14,15)12-9-8-10-6-4-5-7-11(10)12/h4-9,12,16H,1-3H3. The zero-order valence-electron chi connectivity index (χ0n) is 10.3. The van der Waals surface area contributed by atoms with Crippen LogP contribution in [0.2, 0.25) is 0 Å². The largest absolute Gasteiger partial charge is 0.333 e. The van der Waals surface area contributed by atoms with Gasteiger partial charge >= 0.3 is 6.86 Å². The molecule has 92 valence electrons. The first-order chi connectivity index (χ1) is 7.80. The molecule has 0 aromatic heterocycles. The van der Waals surface area contributed by atoms with Crippen LogP contribution in [0.1, 0.15) is 37.4 Å². The molecule has 1 nitrogen and oxygen atoms in total. The maximum absolute atomic E-state index is 6.60. The Labute approximate surface area is 113 Å². The van der Waals surface area contributed by atoms with Crippen LogP contribution < -0.4 is 4.98 Å². The predicted molar refractivity (Wildman–Crippen MR) is 78.6 cm³/mol. The van der Waals surface area contributed by atoms with Crippen LogP contribution in [-0.4, -0.2) is 12.4 Å². The monoisotopic (exact) mass is 285 g/mol. The van der Waals surface area contributed by atoms with E-state index in [4.69, 9.17) is 22.2 Å². The molecule has 1 unspecified atom stereocenters. The van der Waals surface area contributed by atoms with Crippen LogP contribution in [0.25, 0.3) is 6.08 Å². The van der Waals surface area contributed by atoms with Gasteiger partial charge in [0.25, 0.3) is 0 Å². The van der Waals surface area contributed by atoms with Gasteiger partial charge in [-0.15, -0.1) is 22.2 Å². The number of allylic oxidation sites excluding steroid dienone is 1. The third kappa shape index (κ3) is 2.94. The van der Waals surface area contributed by atoms with Crippen molar-refractivity contribution < 1.29 is 0 Å². The van der Waals surface area contributed by atoms with Crippen molar-refractivity contribution in [3.63, 3.8) is 0 Å². The summed E-state index contributed by atoms with van der Waals surface area (Å²) in [7, 11) is 0. The van der Waals surface area contributed by atoms with Crippen molar-refractivity contribution in [1.82, 2.24) is 4.98 Å². The van der Waals surface area contributed by atoms with Gasteiger partial charge in [-0.3, -0.25) is 0 Å². The number of hydrogen-bond acceptors (Lipinski definition) is 1. The second-order valence-corrected chi connectivity index (χ2v) is 11.7. The number of halogens is 2. The molecular formula is C13H17Cl2NSi. The van der Waals surface area contributed by atoms with E-state index < -0.39 is 6.86 Å². The highest BCUT2D eigenvalue weighted by atomic mass is 35.7. The molecule has 1 aromatic carbocycles. The summed E-state index contributed by atoms with van der Waals surface area (Å²) >= 11 is 13.2. The first-order valence-corrected chi connectivity index (χ1v) is 9.84. The van der Waals surface area contributed by atoms with Gasteiger partial charge < -0.3 is 4.98 Å². The minimum absolute atomic E-state index is 0.0684. The lowest BCUT2D eigenvalue weighted by Gasteiger charge is -2.32. The lowest BCUT2D eigenvalue weighted by atomic mass is 10.1. The molecule has 0 aliphatic heterocycles. The summed E-state index contributed by atoms with van der Waals surface area (Å²) in [4.78, 5) is 3.40. The van der Waals surface area contributed by atoms with Crippen LogP contribution in [0.5, 0.6) is 0 Å². The van der Waals surface area contributed by atoms with Gasteiger partial charge in [0, 0.05) is 11.1 Å². The molecule has 0 bridgehead atoms. The number of rotatable bonds is 2. The van der Waals surface area contributed by atoms with Crippen LogP contribution in [0.15, 0.2) is 30.3 Å². The maximum Gasteiger partial charge on any atom is 0.333 e. The Morgan fingerprint density at radius 1 is 1.18 bits per heavy atom. The van der Waals surface area contributed by atoms with Crippen molar-refractivity contribution in [2.45, 2.75) is 31.9 Å². The van der Waals surface area contributed by atoms with Crippen LogP contribution in [0, 0.1) is 0 Å². The SMILES string of the molecule is CC(C)(C)N[Si](Cl)(Cl)C1C=Cc2ccccc21. The molecule has 0 amide bonds. The van der Waals surface area contributed by atoms with Crippen LogP contribution in [-0.2, 0) is 0 Å². The summed E-state index contributed by atoms with van der Waals surface area (Å²) in [5.41, 5.74) is 2.52. The van der Waals surface area contributed by atoms with Crippen molar-refractivity contribution in [2.24, 2.45) is 0 Å². The predicted octanol–water partition coefficient (Wildman–Crippen LogP) is 4.14. The van der Waals surface area contributed by atoms with Gasteiger partial charge in [0.15, 0.2) is 0 Å². The molecule has 0 heterocycles. The summed E-state index contributed by atoms with van der Waals surface area (Å²) in [6, 6.07) is 8.28. The van der Waals surface area contributed by atoms with Crippen molar-refractivity contribution in [3.8, 4) is 0 Å². The highest BCUT2D eigenvalue weighted by Crippen LogP contribution is 2.40. The minimum atomic E-state index is -2.55. The van der Waals surface area contributed by atoms with Crippen LogP contribution in [0.3, 0.4) is 0 Å². The van der Waals surface area contributed by atoms with E-state index in [1.807, 2.05) is 12.1 Å². The fraction of sp³-hybridized carbons (Fsp3) is 0.385. The van der Waals surface area contributed by atoms with E-state index in [1.165, 1.54) is 11.1 Å². The van der Waals surface area contributed by atoms with E-state index in [1.54, 1.807) is 0 Å². The third-order valence-electron chi connectivity index (χ3n) is 2.73. The molecule has 0 spiro atoms. The number of nitrogens with one attached hydrogen (secondary N) is 1. The molecular weight excluding hydrogens is 269 g/mol. The summed E-state index contributed by atoms with van der Waals surface area (Å²) in [6.45, 7) is 3.71. The van der Waals surface area contributed by atoms with Gasteiger partial charge in [0.05, 0.1) is 0 Å². The van der Waals surface area contributed by atoms with Gasteiger partial charge in [0.2, 0.25) is 0 Å². The van der Waals surface area contributed by atoms with Gasteiger partial charge in [-0.1, -0.05) is 36.4 Å². The third-order valence-corrected chi connectivity index (χ3v) is 7.08. The lowest BCUT2D eigenvalue weighted by molar-refractivity contribution is 0.517. The Morgan fingerprint density at radius 2 is 1.82 bits per heavy atom. The van der Waals surface area contributed by atoms with Crippen LogP contribution >= 0.6 is 22.2 Å². The molecule has 0 saturated carbocycles. The van der Waals surface area contributed by atoms with Crippen molar-refractivity contribution in [1.29, 1.82) is 0 Å². The Hall–Kier alpha value is -0.283. The molecule has 1 aliphatic rings. The van der Waals surface area contributed by atoms with E-state index in [2.05, 4.69) is 50.0 Å². The molecule has 2 rings (SSSR count). The van der Waals surface area contributed by atoms with Gasteiger partial charge in [0.1, 0.15) is 0 Å². The summed E-state index contributed by atoms with van der Waals surface area (Å²) < 4.78 is 0. The fourth-order valence-electron chi connectivity index (χ4n) is 2.14. The van der Waals surface area contributed by atoms with E-state index >= 15 is 0 Å². The normalized spacial score (nSPS) is 19.5. The lowest BCUT2D eigenvalue weighted by Crippen LogP contribution is -2.54. The summed E-state index contributed by atoms with van der Waals surface area (Å²) in [6.07, 6.45) is 4.23. The zero-order valence-corrected chi connectivity index (χ0v) is 12.8. The molecule has 1 aromatic rings. The Balaban J connectivity index is 2.28. The first kappa shape index (κ1) is 13.2. The number of fused-ring (bicyclic) bond motifs is 1. The van der Waals surface area contributed by atoms with Gasteiger partial charge in [-0.25, -0.2) is 0 Å². The first-order valence-electron chi connectivity index (χ1n) is 5.74. The van der Waals surface area contributed by atoms with Crippen molar-refractivity contribution in [3.05, 3.63) is 41.5 Å². The van der Waals surface area contributed by atoms with Crippen molar-refractivity contribution >= 4 is 35.1 Å². The average Bonchev–Trinajstić information content (AvgIpc) is 2.57. The Bertz CT molecular complexity index is 449. The van der Waals surface area contributed by atoms with E-state index in [9.17, 15) is 0 Å². The van der Waals surface area contributed by atoms with E-state index in [0.717, 1.165) is 0 Å². The van der Waals surface area contributed by atoms with Gasteiger partial charge in [-0.05, 0) is 31.9 Å². The smallest absolute Gasteiger partial charge is 0.308 e. The topological polar surface area (TPSA) is 12.0 Å². The highest BCUT2D eigenvalue weighted by molar-refractivity contribution is 7.44. The minimum Gasteiger partial charge on any atom is -0.308 e. The molecule has 4 heteroatoms. The Kier molecular flexibility index (Phi) is 3.43. The Morgan fingerprint density at radius 3 is 2.47 bits per heavy atom. The fourth-order valence-corrected chi connectivity index (χ4v) is 7.13. The quantitative estimate of drug-likeness (QED) is 0.636. The second-order valence-electron chi connectivity index (χ2n) is 5.46. The second kappa shape index (κ2) is 4.43. The summed E-state index contributed by atoms with van der Waals surface area (Å²) in [5.74, 6) is 0. The molecule has 0 saturated heterocycles. The van der Waals surface area contributed by atoms with Crippen molar-refractivity contribution in [2.75, 3.05) is 0 Å². The maximum atomic E-state index is 6.60. The zero-order chi connectivity index (χ0) is 12.7. The molecule has 17 heavy (non-hydrogen) atoms. The van der Waals surface area contributed by atoms with Crippen LogP contribution in [0.4, 0.5) is 0 Å². The molecule has 0 radical (unpaired) electrons.